The molecule has 2 atom stereocenters. The van der Waals surface area contributed by atoms with Gasteiger partial charge in [0.05, 0.1) is 12.2 Å². The zero-order valence-electron chi connectivity index (χ0n) is 12.0. The summed E-state index contributed by atoms with van der Waals surface area (Å²) in [6, 6.07) is 7.11. The van der Waals surface area contributed by atoms with E-state index in [9.17, 15) is 8.42 Å². The van der Waals surface area contributed by atoms with Crippen LogP contribution in [0.1, 0.15) is 13.8 Å². The molecule has 0 radical (unpaired) electrons. The number of rotatable bonds is 4. The van der Waals surface area contributed by atoms with Crippen LogP contribution >= 0.6 is 0 Å². The third kappa shape index (κ3) is 3.62. The minimum absolute atomic E-state index is 0.0954. The zero-order valence-corrected chi connectivity index (χ0v) is 12.8. The topological polar surface area (TPSA) is 70.7 Å². The summed E-state index contributed by atoms with van der Waals surface area (Å²) in [6.45, 7) is 4.49. The molecule has 6 nitrogen and oxygen atoms in total. The van der Waals surface area contributed by atoms with Gasteiger partial charge < -0.3 is 10.1 Å². The highest BCUT2D eigenvalue weighted by Gasteiger charge is 2.30. The van der Waals surface area contributed by atoms with Crippen molar-refractivity contribution in [3.63, 3.8) is 0 Å². The Morgan fingerprint density at radius 2 is 1.60 bits per heavy atom. The Morgan fingerprint density at radius 1 is 1.10 bits per heavy atom. The molecule has 2 rings (SSSR count). The first-order chi connectivity index (χ1) is 9.40. The number of anilines is 2. The molecule has 1 fully saturated rings. The monoisotopic (exact) mass is 299 g/mol. The highest BCUT2D eigenvalue weighted by Crippen LogP contribution is 2.18. The fraction of sp³-hybridized carbons (Fsp3) is 0.538. The van der Waals surface area contributed by atoms with Gasteiger partial charge in [-0.05, 0) is 38.1 Å². The molecule has 2 N–H and O–H groups in total. The Bertz CT molecular complexity index is 534. The largest absolute Gasteiger partial charge is 0.388 e. The second kappa shape index (κ2) is 5.99. The van der Waals surface area contributed by atoms with Crippen molar-refractivity contribution >= 4 is 21.6 Å². The average Bonchev–Trinajstić information content (AvgIpc) is 2.38. The molecule has 1 aliphatic rings. The number of benzene rings is 1. The van der Waals surface area contributed by atoms with Gasteiger partial charge in [-0.3, -0.25) is 4.72 Å². The van der Waals surface area contributed by atoms with Gasteiger partial charge in [0.2, 0.25) is 0 Å². The second-order valence-corrected chi connectivity index (χ2v) is 6.68. The maximum atomic E-state index is 12.3. The van der Waals surface area contributed by atoms with Crippen molar-refractivity contribution in [1.82, 2.24) is 4.31 Å². The molecule has 1 heterocycles. The Kier molecular flexibility index (Phi) is 4.52. The van der Waals surface area contributed by atoms with E-state index in [1.54, 1.807) is 12.1 Å². The summed E-state index contributed by atoms with van der Waals surface area (Å²) in [4.78, 5) is 0. The van der Waals surface area contributed by atoms with E-state index in [0.29, 0.717) is 18.8 Å². The van der Waals surface area contributed by atoms with Crippen LogP contribution in [0.3, 0.4) is 0 Å². The summed E-state index contributed by atoms with van der Waals surface area (Å²) >= 11 is 0. The lowest BCUT2D eigenvalue weighted by molar-refractivity contribution is -0.0439. The fourth-order valence-corrected chi connectivity index (χ4v) is 3.62. The minimum atomic E-state index is -3.54. The van der Waals surface area contributed by atoms with Crippen LogP contribution in [0.5, 0.6) is 0 Å². The quantitative estimate of drug-likeness (QED) is 0.884. The number of hydrogen-bond acceptors (Lipinski definition) is 4. The molecule has 1 saturated heterocycles. The van der Waals surface area contributed by atoms with Gasteiger partial charge in [-0.15, -0.1) is 0 Å². The van der Waals surface area contributed by atoms with Crippen LogP contribution in [0.15, 0.2) is 24.3 Å². The van der Waals surface area contributed by atoms with E-state index in [0.717, 1.165) is 5.69 Å². The molecule has 0 aromatic heterocycles. The Hall–Kier alpha value is -1.31. The summed E-state index contributed by atoms with van der Waals surface area (Å²) in [5.74, 6) is 0. The molecule has 1 aliphatic heterocycles. The summed E-state index contributed by atoms with van der Waals surface area (Å²) in [5, 5.41) is 2.99. The van der Waals surface area contributed by atoms with Crippen molar-refractivity contribution in [2.75, 3.05) is 30.2 Å². The third-order valence-electron chi connectivity index (χ3n) is 3.15. The molecule has 112 valence electrons. The van der Waals surface area contributed by atoms with Crippen LogP contribution in [0.25, 0.3) is 0 Å². The maximum absolute atomic E-state index is 12.3. The Labute approximate surface area is 120 Å². The second-order valence-electron chi connectivity index (χ2n) is 5.01. The molecule has 0 spiro atoms. The lowest BCUT2D eigenvalue weighted by Gasteiger charge is -2.34. The van der Waals surface area contributed by atoms with E-state index in [-0.39, 0.29) is 12.2 Å². The summed E-state index contributed by atoms with van der Waals surface area (Å²) in [7, 11) is -1.72. The molecule has 0 saturated carbocycles. The van der Waals surface area contributed by atoms with Crippen LogP contribution in [0, 0.1) is 0 Å². The van der Waals surface area contributed by atoms with Crippen LogP contribution in [-0.2, 0) is 14.9 Å². The van der Waals surface area contributed by atoms with Crippen molar-refractivity contribution in [1.29, 1.82) is 0 Å². The minimum Gasteiger partial charge on any atom is -0.388 e. The highest BCUT2D eigenvalue weighted by atomic mass is 32.2. The van der Waals surface area contributed by atoms with Gasteiger partial charge in [-0.25, -0.2) is 0 Å². The fourth-order valence-electron chi connectivity index (χ4n) is 2.25. The molecule has 2 unspecified atom stereocenters. The zero-order chi connectivity index (χ0) is 14.8. The molecule has 0 aliphatic carbocycles. The van der Waals surface area contributed by atoms with Crippen LogP contribution in [0.4, 0.5) is 11.4 Å². The number of hydrogen-bond donors (Lipinski definition) is 2. The molecule has 1 aromatic carbocycles. The Morgan fingerprint density at radius 3 is 2.10 bits per heavy atom. The van der Waals surface area contributed by atoms with Crippen molar-refractivity contribution in [3.8, 4) is 0 Å². The van der Waals surface area contributed by atoms with Gasteiger partial charge in [0, 0.05) is 31.5 Å². The summed E-state index contributed by atoms with van der Waals surface area (Å²) in [6.07, 6.45) is -0.191. The number of morpholine rings is 1. The SMILES string of the molecule is CNc1ccc(NS(=O)(=O)N2CC(C)OC(C)C2)cc1. The van der Waals surface area contributed by atoms with Crippen molar-refractivity contribution in [2.24, 2.45) is 0 Å². The van der Waals surface area contributed by atoms with Crippen molar-refractivity contribution in [2.45, 2.75) is 26.1 Å². The lowest BCUT2D eigenvalue weighted by atomic mass is 10.3. The molecule has 0 bridgehead atoms. The molecule has 20 heavy (non-hydrogen) atoms. The van der Waals surface area contributed by atoms with Gasteiger partial charge in [0.25, 0.3) is 0 Å². The van der Waals surface area contributed by atoms with Crippen molar-refractivity contribution < 1.29 is 13.2 Å². The van der Waals surface area contributed by atoms with Crippen LogP contribution < -0.4 is 10.0 Å². The highest BCUT2D eigenvalue weighted by molar-refractivity contribution is 7.90. The van der Waals surface area contributed by atoms with E-state index < -0.39 is 10.2 Å². The third-order valence-corrected chi connectivity index (χ3v) is 4.62. The van der Waals surface area contributed by atoms with Crippen LogP contribution in [-0.4, -0.2) is 45.1 Å². The average molecular weight is 299 g/mol. The molecular weight excluding hydrogens is 278 g/mol. The van der Waals surface area contributed by atoms with Gasteiger partial charge in [0.15, 0.2) is 0 Å². The van der Waals surface area contributed by atoms with E-state index in [1.165, 1.54) is 4.31 Å². The lowest BCUT2D eigenvalue weighted by Crippen LogP contribution is -2.49. The Balaban J connectivity index is 2.09. The predicted octanol–water partition coefficient (Wildman–Crippen LogP) is 1.49. The van der Waals surface area contributed by atoms with Gasteiger partial charge in [0.1, 0.15) is 0 Å². The number of nitrogens with zero attached hydrogens (tertiary/aromatic N) is 1. The van der Waals surface area contributed by atoms with Gasteiger partial charge in [-0.2, -0.15) is 12.7 Å². The van der Waals surface area contributed by atoms with E-state index in [2.05, 4.69) is 10.0 Å². The summed E-state index contributed by atoms with van der Waals surface area (Å²) < 4.78 is 34.3. The molecular formula is C13H21N3O3S. The summed E-state index contributed by atoms with van der Waals surface area (Å²) in [5.41, 5.74) is 1.48. The van der Waals surface area contributed by atoms with Crippen LogP contribution in [0.2, 0.25) is 0 Å². The van der Waals surface area contributed by atoms with Gasteiger partial charge >= 0.3 is 10.2 Å². The normalized spacial score (nSPS) is 24.4. The van der Waals surface area contributed by atoms with Crippen molar-refractivity contribution in [3.05, 3.63) is 24.3 Å². The standard InChI is InChI=1S/C13H21N3O3S/c1-10-8-16(9-11(2)19-10)20(17,18)15-13-6-4-12(14-3)5-7-13/h4-7,10-11,14-15H,8-9H2,1-3H3. The van der Waals surface area contributed by atoms with E-state index in [1.807, 2.05) is 33.0 Å². The molecule has 0 amide bonds. The first-order valence-electron chi connectivity index (χ1n) is 6.62. The first kappa shape index (κ1) is 15.1. The smallest absolute Gasteiger partial charge is 0.301 e. The molecule has 7 heteroatoms. The van der Waals surface area contributed by atoms with E-state index in [4.69, 9.17) is 4.74 Å². The molecule has 1 aromatic rings. The first-order valence-corrected chi connectivity index (χ1v) is 8.06. The predicted molar refractivity (Wildman–Crippen MR) is 80.1 cm³/mol. The number of nitrogens with one attached hydrogen (secondary N) is 2. The van der Waals surface area contributed by atoms with Gasteiger partial charge in [-0.1, -0.05) is 0 Å². The number of ether oxygens (including phenoxy) is 1. The van der Waals surface area contributed by atoms with E-state index >= 15 is 0 Å². The maximum Gasteiger partial charge on any atom is 0.301 e.